The van der Waals surface area contributed by atoms with Crippen LogP contribution in [0, 0.1) is 6.92 Å². The second-order valence-electron chi connectivity index (χ2n) is 7.49. The van der Waals surface area contributed by atoms with Crippen molar-refractivity contribution < 1.29 is 27.5 Å². The van der Waals surface area contributed by atoms with E-state index in [1.807, 2.05) is 24.3 Å². The molecular weight excluding hydrogens is 420 g/mol. The van der Waals surface area contributed by atoms with Gasteiger partial charge >= 0.3 is 5.97 Å². The van der Waals surface area contributed by atoms with E-state index in [0.29, 0.717) is 25.3 Å². The van der Waals surface area contributed by atoms with Gasteiger partial charge in [0.25, 0.3) is 5.91 Å². The van der Waals surface area contributed by atoms with Crippen molar-refractivity contribution in [2.24, 2.45) is 0 Å². The molecule has 0 aliphatic carbocycles. The van der Waals surface area contributed by atoms with E-state index in [2.05, 4.69) is 0 Å². The van der Waals surface area contributed by atoms with Crippen molar-refractivity contribution in [2.75, 3.05) is 44.4 Å². The lowest BCUT2D eigenvalue weighted by Crippen LogP contribution is -2.40. The Bertz CT molecular complexity index is 1110. The van der Waals surface area contributed by atoms with Gasteiger partial charge in [0.2, 0.25) is 10.0 Å². The average Bonchev–Trinajstić information content (AvgIpc) is 3.22. The van der Waals surface area contributed by atoms with Gasteiger partial charge in [-0.2, -0.15) is 4.31 Å². The summed E-state index contributed by atoms with van der Waals surface area (Å²) in [6, 6.07) is 12.0. The summed E-state index contributed by atoms with van der Waals surface area (Å²) >= 11 is 0. The van der Waals surface area contributed by atoms with E-state index in [-0.39, 0.29) is 29.5 Å². The van der Waals surface area contributed by atoms with Crippen LogP contribution in [0.25, 0.3) is 0 Å². The molecule has 0 unspecified atom stereocenters. The third kappa shape index (κ3) is 4.34. The van der Waals surface area contributed by atoms with Crippen molar-refractivity contribution in [2.45, 2.75) is 18.2 Å². The summed E-state index contributed by atoms with van der Waals surface area (Å²) in [5.74, 6) is -1.04. The van der Waals surface area contributed by atoms with Crippen molar-refractivity contribution in [3.8, 4) is 0 Å². The Kier molecular flexibility index (Phi) is 6.08. The number of sulfonamides is 1. The molecule has 1 amide bonds. The fourth-order valence-electron chi connectivity index (χ4n) is 3.80. The molecule has 0 radical (unpaired) electrons. The quantitative estimate of drug-likeness (QED) is 0.653. The number of rotatable bonds is 5. The second kappa shape index (κ2) is 8.78. The van der Waals surface area contributed by atoms with E-state index in [4.69, 9.17) is 9.47 Å². The number of anilines is 1. The molecule has 0 N–H and O–H groups in total. The first-order valence-electron chi connectivity index (χ1n) is 10.1. The zero-order chi connectivity index (χ0) is 22.0. The maximum absolute atomic E-state index is 12.9. The van der Waals surface area contributed by atoms with Crippen molar-refractivity contribution in [3.63, 3.8) is 0 Å². The standard InChI is InChI=1S/C22H24N2O6S/c1-16-6-7-18(31(27,28)23-10-12-29-13-11-23)14-19(16)22(26)30-15-21(25)24-9-8-17-4-2-3-5-20(17)24/h2-7,14H,8-13,15H2,1H3. The van der Waals surface area contributed by atoms with Crippen LogP contribution in [0.15, 0.2) is 47.4 Å². The van der Waals surface area contributed by atoms with Crippen LogP contribution in [-0.4, -0.2) is 64.1 Å². The van der Waals surface area contributed by atoms with Crippen LogP contribution < -0.4 is 4.90 Å². The Balaban J connectivity index is 1.46. The van der Waals surface area contributed by atoms with E-state index < -0.39 is 22.6 Å². The number of para-hydroxylation sites is 1. The number of aryl methyl sites for hydroxylation is 1. The number of carbonyl (C=O) groups excluding carboxylic acids is 2. The first-order chi connectivity index (χ1) is 14.9. The summed E-state index contributed by atoms with van der Waals surface area (Å²) in [4.78, 5) is 26.9. The monoisotopic (exact) mass is 444 g/mol. The molecule has 1 saturated heterocycles. The second-order valence-corrected chi connectivity index (χ2v) is 9.43. The van der Waals surface area contributed by atoms with Gasteiger partial charge in [-0.05, 0) is 42.7 Å². The zero-order valence-electron chi connectivity index (χ0n) is 17.2. The lowest BCUT2D eigenvalue weighted by Gasteiger charge is -2.26. The van der Waals surface area contributed by atoms with Crippen molar-refractivity contribution >= 4 is 27.6 Å². The Morgan fingerprint density at radius 2 is 1.81 bits per heavy atom. The van der Waals surface area contributed by atoms with Crippen LogP contribution in [-0.2, 0) is 30.7 Å². The summed E-state index contributed by atoms with van der Waals surface area (Å²) in [5, 5.41) is 0. The Morgan fingerprint density at radius 3 is 2.58 bits per heavy atom. The summed E-state index contributed by atoms with van der Waals surface area (Å²) in [7, 11) is -3.74. The van der Waals surface area contributed by atoms with E-state index >= 15 is 0 Å². The predicted molar refractivity (Wildman–Crippen MR) is 114 cm³/mol. The molecule has 2 aromatic rings. The first kappa shape index (κ1) is 21.5. The molecular formula is C22H24N2O6S. The van der Waals surface area contributed by atoms with Crippen LogP contribution in [0.4, 0.5) is 5.69 Å². The van der Waals surface area contributed by atoms with Gasteiger partial charge < -0.3 is 14.4 Å². The molecule has 0 aromatic heterocycles. The number of hydrogen-bond donors (Lipinski definition) is 0. The van der Waals surface area contributed by atoms with E-state index in [0.717, 1.165) is 17.7 Å². The van der Waals surface area contributed by atoms with E-state index in [1.165, 1.54) is 16.4 Å². The molecule has 1 fully saturated rings. The van der Waals surface area contributed by atoms with Gasteiger partial charge in [-0.1, -0.05) is 24.3 Å². The number of ether oxygens (including phenoxy) is 2. The maximum Gasteiger partial charge on any atom is 0.338 e. The van der Waals surface area contributed by atoms with Crippen LogP contribution >= 0.6 is 0 Å². The molecule has 0 bridgehead atoms. The molecule has 2 aliphatic heterocycles. The number of amides is 1. The molecule has 0 spiro atoms. The van der Waals surface area contributed by atoms with E-state index in [9.17, 15) is 18.0 Å². The van der Waals surface area contributed by atoms with Gasteiger partial charge in [-0.15, -0.1) is 0 Å². The molecule has 0 atom stereocenters. The lowest BCUT2D eigenvalue weighted by atomic mass is 10.1. The van der Waals surface area contributed by atoms with Gasteiger partial charge in [-0.3, -0.25) is 4.79 Å². The minimum absolute atomic E-state index is 0.0201. The predicted octanol–water partition coefficient (Wildman–Crippen LogP) is 1.76. The smallest absolute Gasteiger partial charge is 0.338 e. The molecule has 31 heavy (non-hydrogen) atoms. The minimum Gasteiger partial charge on any atom is -0.452 e. The fraction of sp³-hybridized carbons (Fsp3) is 0.364. The molecule has 164 valence electrons. The summed E-state index contributed by atoms with van der Waals surface area (Å²) in [5.41, 5.74) is 2.62. The van der Waals surface area contributed by atoms with Crippen LogP contribution in [0.5, 0.6) is 0 Å². The topological polar surface area (TPSA) is 93.2 Å². The number of fused-ring (bicyclic) bond motifs is 1. The third-order valence-corrected chi connectivity index (χ3v) is 7.45. The van der Waals surface area contributed by atoms with Crippen molar-refractivity contribution in [1.82, 2.24) is 4.31 Å². The maximum atomic E-state index is 12.9. The molecule has 8 nitrogen and oxygen atoms in total. The summed E-state index contributed by atoms with van der Waals surface area (Å²) in [6.07, 6.45) is 0.760. The molecule has 2 aliphatic rings. The molecule has 9 heteroatoms. The van der Waals surface area contributed by atoms with Gasteiger partial charge in [0, 0.05) is 25.3 Å². The highest BCUT2D eigenvalue weighted by Crippen LogP contribution is 2.27. The highest BCUT2D eigenvalue weighted by molar-refractivity contribution is 7.89. The van der Waals surface area contributed by atoms with Crippen molar-refractivity contribution in [3.05, 3.63) is 59.2 Å². The zero-order valence-corrected chi connectivity index (χ0v) is 18.1. The molecule has 0 saturated carbocycles. The Morgan fingerprint density at radius 1 is 1.06 bits per heavy atom. The van der Waals surface area contributed by atoms with E-state index in [1.54, 1.807) is 17.9 Å². The minimum atomic E-state index is -3.74. The first-order valence-corrected chi connectivity index (χ1v) is 11.6. The lowest BCUT2D eigenvalue weighted by molar-refractivity contribution is -0.121. The fourth-order valence-corrected chi connectivity index (χ4v) is 5.23. The highest BCUT2D eigenvalue weighted by atomic mass is 32.2. The number of carbonyl (C=O) groups is 2. The highest BCUT2D eigenvalue weighted by Gasteiger charge is 2.28. The Hall–Kier alpha value is -2.75. The molecule has 4 rings (SSSR count). The number of esters is 1. The normalized spacial score (nSPS) is 16.7. The van der Waals surface area contributed by atoms with Gasteiger partial charge in [0.1, 0.15) is 0 Å². The molecule has 2 aromatic carbocycles. The number of nitrogens with zero attached hydrogens (tertiary/aromatic N) is 2. The SMILES string of the molecule is Cc1ccc(S(=O)(=O)N2CCOCC2)cc1C(=O)OCC(=O)N1CCc2ccccc21. The summed E-state index contributed by atoms with van der Waals surface area (Å²) in [6.45, 7) is 3.03. The largest absolute Gasteiger partial charge is 0.452 e. The Labute approximate surface area is 181 Å². The number of morpholine rings is 1. The van der Waals surface area contributed by atoms with Crippen molar-refractivity contribution in [1.29, 1.82) is 0 Å². The van der Waals surface area contributed by atoms with Gasteiger partial charge in [-0.25, -0.2) is 13.2 Å². The summed E-state index contributed by atoms with van der Waals surface area (Å²) < 4.78 is 37.6. The van der Waals surface area contributed by atoms with Gasteiger partial charge in [0.15, 0.2) is 6.61 Å². The number of hydrogen-bond acceptors (Lipinski definition) is 6. The molecule has 2 heterocycles. The number of benzene rings is 2. The van der Waals surface area contributed by atoms with Gasteiger partial charge in [0.05, 0.1) is 23.7 Å². The van der Waals surface area contributed by atoms with Crippen LogP contribution in [0.2, 0.25) is 0 Å². The van der Waals surface area contributed by atoms with Crippen LogP contribution in [0.1, 0.15) is 21.5 Å². The average molecular weight is 445 g/mol. The third-order valence-electron chi connectivity index (χ3n) is 5.55. The van der Waals surface area contributed by atoms with Crippen LogP contribution in [0.3, 0.4) is 0 Å².